The highest BCUT2D eigenvalue weighted by atomic mass is 32.1. The second-order valence-corrected chi connectivity index (χ2v) is 7.65. The molecule has 0 aromatic heterocycles. The zero-order chi connectivity index (χ0) is 24.3. The van der Waals surface area contributed by atoms with Crippen LogP contribution in [0.2, 0.25) is 0 Å². The first-order valence-electron chi connectivity index (χ1n) is 10.8. The van der Waals surface area contributed by atoms with E-state index in [1.54, 1.807) is 37.3 Å². The number of carbonyl (C=O) groups excluding carboxylic acids is 2. The van der Waals surface area contributed by atoms with Gasteiger partial charge in [0.25, 0.3) is 11.8 Å². The minimum absolute atomic E-state index is 0.0566. The van der Waals surface area contributed by atoms with Crippen LogP contribution in [-0.4, -0.2) is 42.9 Å². The zero-order valence-corrected chi connectivity index (χ0v) is 19.8. The number of rotatable bonds is 9. The maximum absolute atomic E-state index is 12.5. The zero-order valence-electron chi connectivity index (χ0n) is 19.0. The highest BCUT2D eigenvalue weighted by Crippen LogP contribution is 2.21. The van der Waals surface area contributed by atoms with Gasteiger partial charge in [-0.3, -0.25) is 25.8 Å². The largest absolute Gasteiger partial charge is 0.491 e. The summed E-state index contributed by atoms with van der Waals surface area (Å²) in [5, 5.41) is 4.55. The molecule has 3 rings (SSSR count). The summed E-state index contributed by atoms with van der Waals surface area (Å²) < 4.78 is 16.5. The Morgan fingerprint density at radius 3 is 2.50 bits per heavy atom. The van der Waals surface area contributed by atoms with Crippen molar-refractivity contribution in [2.75, 3.05) is 19.8 Å². The molecule has 8 nitrogen and oxygen atoms in total. The topological polar surface area (TPSA) is 97.9 Å². The Morgan fingerprint density at radius 1 is 0.912 bits per heavy atom. The molecule has 0 aliphatic rings. The monoisotopic (exact) mass is 481 g/mol. The van der Waals surface area contributed by atoms with Gasteiger partial charge in [-0.15, -0.1) is 0 Å². The second kappa shape index (κ2) is 12.5. The second-order valence-electron chi connectivity index (χ2n) is 7.24. The molecule has 0 aliphatic heterocycles. The maximum Gasteiger partial charge on any atom is 0.279 e. The molecule has 0 spiro atoms. The average molecular weight is 482 g/mol. The number of nitrogens with one attached hydrogen (secondary N) is 3. The first kappa shape index (κ1) is 24.9. The first-order chi connectivity index (χ1) is 16.5. The number of benzene rings is 3. The van der Waals surface area contributed by atoms with Crippen molar-refractivity contribution in [3.63, 3.8) is 0 Å². The van der Waals surface area contributed by atoms with Crippen LogP contribution in [0.15, 0.2) is 66.7 Å². The minimum Gasteiger partial charge on any atom is -0.491 e. The van der Waals surface area contributed by atoms with Gasteiger partial charge in [-0.1, -0.05) is 36.4 Å². The standard InChI is InChI=1S/C25H27N3O5S/c1-3-31-13-14-32-21-10-6-9-20(16-21)24(30)26-25(34)28-27-23(29)17(2)33-22-12-11-18-7-4-5-8-19(18)15-22/h4-12,15-17H,3,13-14H2,1-2H3,(H,27,29)(H2,26,28,30,34). The van der Waals surface area contributed by atoms with Crippen LogP contribution in [-0.2, 0) is 9.53 Å². The van der Waals surface area contributed by atoms with E-state index in [0.29, 0.717) is 36.9 Å². The number of thiocarbonyl (C=S) groups is 1. The van der Waals surface area contributed by atoms with Crippen LogP contribution >= 0.6 is 12.2 Å². The Morgan fingerprint density at radius 2 is 1.71 bits per heavy atom. The van der Waals surface area contributed by atoms with Crippen LogP contribution in [0.1, 0.15) is 24.2 Å². The molecule has 0 saturated carbocycles. The molecular formula is C25H27N3O5S. The fourth-order valence-corrected chi connectivity index (χ4v) is 3.16. The summed E-state index contributed by atoms with van der Waals surface area (Å²) in [4.78, 5) is 24.8. The molecule has 0 aliphatic carbocycles. The van der Waals surface area contributed by atoms with Gasteiger partial charge < -0.3 is 14.2 Å². The number of hydrogen-bond donors (Lipinski definition) is 3. The van der Waals surface area contributed by atoms with Crippen molar-refractivity contribution in [3.05, 3.63) is 72.3 Å². The summed E-state index contributed by atoms with van der Waals surface area (Å²) in [7, 11) is 0. The van der Waals surface area contributed by atoms with Crippen LogP contribution in [0.4, 0.5) is 0 Å². The van der Waals surface area contributed by atoms with E-state index in [9.17, 15) is 9.59 Å². The van der Waals surface area contributed by atoms with Crippen molar-refractivity contribution in [3.8, 4) is 11.5 Å². The first-order valence-corrected chi connectivity index (χ1v) is 11.2. The van der Waals surface area contributed by atoms with E-state index in [2.05, 4.69) is 16.2 Å². The number of fused-ring (bicyclic) bond motifs is 1. The fourth-order valence-electron chi connectivity index (χ4n) is 3.01. The van der Waals surface area contributed by atoms with Crippen molar-refractivity contribution in [1.29, 1.82) is 0 Å². The van der Waals surface area contributed by atoms with Crippen LogP contribution < -0.4 is 25.6 Å². The van der Waals surface area contributed by atoms with Crippen molar-refractivity contribution < 1.29 is 23.8 Å². The molecule has 0 fully saturated rings. The van der Waals surface area contributed by atoms with E-state index in [1.165, 1.54) is 0 Å². The molecule has 1 atom stereocenters. The molecule has 0 heterocycles. The van der Waals surface area contributed by atoms with Crippen LogP contribution in [0.3, 0.4) is 0 Å². The third kappa shape index (κ3) is 7.43. The predicted molar refractivity (Wildman–Crippen MR) is 134 cm³/mol. The van der Waals surface area contributed by atoms with Gasteiger partial charge in [0.15, 0.2) is 11.2 Å². The molecule has 0 saturated heterocycles. The van der Waals surface area contributed by atoms with Crippen LogP contribution in [0, 0.1) is 0 Å². The van der Waals surface area contributed by atoms with Crippen molar-refractivity contribution in [2.45, 2.75) is 20.0 Å². The summed E-state index contributed by atoms with van der Waals surface area (Å²) >= 11 is 5.10. The normalized spacial score (nSPS) is 11.4. The highest BCUT2D eigenvalue weighted by Gasteiger charge is 2.16. The lowest BCUT2D eigenvalue weighted by molar-refractivity contribution is -0.127. The molecule has 0 radical (unpaired) electrons. The van der Waals surface area contributed by atoms with E-state index in [1.807, 2.05) is 43.3 Å². The lowest BCUT2D eigenvalue weighted by Crippen LogP contribution is -2.51. The fraction of sp³-hybridized carbons (Fsp3) is 0.240. The van der Waals surface area contributed by atoms with E-state index in [0.717, 1.165) is 10.8 Å². The van der Waals surface area contributed by atoms with Gasteiger partial charge in [0.2, 0.25) is 0 Å². The van der Waals surface area contributed by atoms with Crippen molar-refractivity contribution in [2.24, 2.45) is 0 Å². The Kier molecular flexibility index (Phi) is 9.19. The molecule has 0 bridgehead atoms. The van der Waals surface area contributed by atoms with Crippen LogP contribution in [0.5, 0.6) is 11.5 Å². The summed E-state index contributed by atoms with van der Waals surface area (Å²) in [6.07, 6.45) is -0.794. The lowest BCUT2D eigenvalue weighted by Gasteiger charge is -2.16. The molecule has 3 aromatic rings. The van der Waals surface area contributed by atoms with E-state index in [-0.39, 0.29) is 5.11 Å². The molecule has 178 valence electrons. The Bertz CT molecular complexity index is 1150. The highest BCUT2D eigenvalue weighted by molar-refractivity contribution is 7.80. The van der Waals surface area contributed by atoms with Gasteiger partial charge in [0.1, 0.15) is 18.1 Å². The van der Waals surface area contributed by atoms with Gasteiger partial charge in [-0.05, 0) is 67.2 Å². The van der Waals surface area contributed by atoms with Crippen LogP contribution in [0.25, 0.3) is 10.8 Å². The summed E-state index contributed by atoms with van der Waals surface area (Å²) in [6, 6.07) is 20.1. The quantitative estimate of drug-likeness (QED) is 0.245. The molecule has 34 heavy (non-hydrogen) atoms. The Balaban J connectivity index is 1.45. The molecule has 1 unspecified atom stereocenters. The smallest absolute Gasteiger partial charge is 0.279 e. The number of carbonyl (C=O) groups is 2. The maximum atomic E-state index is 12.5. The molecule has 3 N–H and O–H groups in total. The van der Waals surface area contributed by atoms with Crippen molar-refractivity contribution in [1.82, 2.24) is 16.2 Å². The number of ether oxygens (including phenoxy) is 3. The molecular weight excluding hydrogens is 454 g/mol. The Hall–Kier alpha value is -3.69. The molecule has 9 heteroatoms. The van der Waals surface area contributed by atoms with E-state index < -0.39 is 17.9 Å². The number of hydrazine groups is 1. The van der Waals surface area contributed by atoms with Gasteiger partial charge in [-0.2, -0.15) is 0 Å². The van der Waals surface area contributed by atoms with Gasteiger partial charge in [-0.25, -0.2) is 0 Å². The average Bonchev–Trinajstić information content (AvgIpc) is 2.85. The number of hydrogen-bond acceptors (Lipinski definition) is 6. The van der Waals surface area contributed by atoms with Gasteiger partial charge in [0.05, 0.1) is 6.61 Å². The summed E-state index contributed by atoms with van der Waals surface area (Å²) in [6.45, 7) is 4.98. The van der Waals surface area contributed by atoms with Gasteiger partial charge in [0, 0.05) is 12.2 Å². The number of amides is 2. The lowest BCUT2D eigenvalue weighted by atomic mass is 10.1. The third-order valence-electron chi connectivity index (χ3n) is 4.73. The Labute approximate surface area is 203 Å². The third-order valence-corrected chi connectivity index (χ3v) is 4.93. The predicted octanol–water partition coefficient (Wildman–Crippen LogP) is 3.36. The summed E-state index contributed by atoms with van der Waals surface area (Å²) in [5.74, 6) is 0.219. The molecule has 2 amide bonds. The van der Waals surface area contributed by atoms with E-state index in [4.69, 9.17) is 26.4 Å². The molecule has 3 aromatic carbocycles. The van der Waals surface area contributed by atoms with Gasteiger partial charge >= 0.3 is 0 Å². The summed E-state index contributed by atoms with van der Waals surface area (Å²) in [5.41, 5.74) is 5.31. The SMILES string of the molecule is CCOCCOc1cccc(C(=O)NC(=S)NNC(=O)C(C)Oc2ccc3ccccc3c2)c1. The van der Waals surface area contributed by atoms with Crippen molar-refractivity contribution >= 4 is 39.9 Å². The minimum atomic E-state index is -0.794. The van der Waals surface area contributed by atoms with E-state index >= 15 is 0 Å².